The summed E-state index contributed by atoms with van der Waals surface area (Å²) in [5.74, 6) is -2.34. The Morgan fingerprint density at radius 1 is 1.35 bits per heavy atom. The van der Waals surface area contributed by atoms with E-state index in [0.29, 0.717) is 0 Å². The molecule has 0 amide bonds. The average Bonchev–Trinajstić information content (AvgIpc) is 2.60. The van der Waals surface area contributed by atoms with Crippen molar-refractivity contribution in [2.45, 2.75) is 24.8 Å². The molecule has 1 aliphatic rings. The van der Waals surface area contributed by atoms with Gasteiger partial charge in [0.05, 0.1) is 31.0 Å². The lowest BCUT2D eigenvalue weighted by Crippen LogP contribution is -2.37. The molecule has 0 fully saturated rings. The van der Waals surface area contributed by atoms with Gasteiger partial charge in [0.15, 0.2) is 11.6 Å². The number of nitrogens with zero attached hydrogens (tertiary/aromatic N) is 2. The van der Waals surface area contributed by atoms with Gasteiger partial charge in [-0.05, 0) is 6.07 Å². The topological polar surface area (TPSA) is 86.6 Å². The monoisotopic (exact) mass is 404 g/mol. The minimum Gasteiger partial charge on any atom is -0.492 e. The van der Waals surface area contributed by atoms with Gasteiger partial charge < -0.3 is 14.3 Å². The molecule has 2 atom stereocenters. The fraction of sp³-hybridized carbons (Fsp3) is 0.375. The maximum Gasteiger partial charge on any atom is 0.353 e. The molecule has 0 aromatic heterocycles. The largest absolute Gasteiger partial charge is 0.492 e. The van der Waals surface area contributed by atoms with Crippen LogP contribution in [0.2, 0.25) is 5.02 Å². The lowest BCUT2D eigenvalue weighted by atomic mass is 9.94. The van der Waals surface area contributed by atoms with Gasteiger partial charge in [-0.3, -0.25) is 4.99 Å². The van der Waals surface area contributed by atoms with Crippen LogP contribution < -0.4 is 4.74 Å². The lowest BCUT2D eigenvalue weighted by molar-refractivity contribution is -0.141. The molecule has 2 rings (SSSR count). The van der Waals surface area contributed by atoms with E-state index in [1.54, 1.807) is 0 Å². The smallest absolute Gasteiger partial charge is 0.353 e. The first-order valence-corrected chi connectivity index (χ1v) is 8.17. The summed E-state index contributed by atoms with van der Waals surface area (Å²) >= 11 is 12.1. The third-order valence-electron chi connectivity index (χ3n) is 3.56. The normalized spacial score (nSPS) is 21.2. The summed E-state index contributed by atoms with van der Waals surface area (Å²) in [5, 5.41) is 2.68. The van der Waals surface area contributed by atoms with Gasteiger partial charge in [-0.25, -0.2) is 14.0 Å². The molecule has 26 heavy (non-hydrogen) atoms. The minimum atomic E-state index is -1.07. The quantitative estimate of drug-likeness (QED) is 0.333. The van der Waals surface area contributed by atoms with Gasteiger partial charge in [0.1, 0.15) is 11.1 Å². The van der Waals surface area contributed by atoms with Crippen molar-refractivity contribution in [3.8, 4) is 5.75 Å². The number of methoxy groups -OCH3 is 2. The molecule has 1 heterocycles. The SMILES string of the molecule is COC(=O)C1=NC(c2ccc(Cl)c(OC)c2F)CC(=NOC(C)=O)C1Cl. The van der Waals surface area contributed by atoms with Gasteiger partial charge >= 0.3 is 11.9 Å². The van der Waals surface area contributed by atoms with Crippen LogP contribution in [0.4, 0.5) is 4.39 Å². The number of carbonyl (C=O) groups excluding carboxylic acids is 2. The van der Waals surface area contributed by atoms with Gasteiger partial charge in [-0.1, -0.05) is 22.8 Å². The van der Waals surface area contributed by atoms with Crippen LogP contribution in [0.25, 0.3) is 0 Å². The van der Waals surface area contributed by atoms with Crippen LogP contribution in [-0.4, -0.2) is 43.0 Å². The van der Waals surface area contributed by atoms with Crippen molar-refractivity contribution in [3.05, 3.63) is 28.5 Å². The Kier molecular flexibility index (Phi) is 6.55. The third kappa shape index (κ3) is 4.13. The predicted molar refractivity (Wildman–Crippen MR) is 93.6 cm³/mol. The van der Waals surface area contributed by atoms with Crippen LogP contribution in [-0.2, 0) is 19.2 Å². The summed E-state index contributed by atoms with van der Waals surface area (Å²) in [7, 11) is 2.44. The fourth-order valence-corrected chi connectivity index (χ4v) is 2.87. The number of rotatable bonds is 4. The van der Waals surface area contributed by atoms with E-state index in [4.69, 9.17) is 27.9 Å². The molecule has 1 aliphatic heterocycles. The molecule has 0 radical (unpaired) electrons. The zero-order valence-corrected chi connectivity index (χ0v) is 15.6. The first-order valence-electron chi connectivity index (χ1n) is 7.36. The van der Waals surface area contributed by atoms with E-state index >= 15 is 0 Å². The van der Waals surface area contributed by atoms with Crippen molar-refractivity contribution in [2.24, 2.45) is 10.1 Å². The number of aliphatic imine (C=N–C) groups is 1. The van der Waals surface area contributed by atoms with Crippen molar-refractivity contribution in [1.29, 1.82) is 0 Å². The van der Waals surface area contributed by atoms with Crippen molar-refractivity contribution in [1.82, 2.24) is 0 Å². The van der Waals surface area contributed by atoms with Crippen molar-refractivity contribution in [3.63, 3.8) is 0 Å². The summed E-state index contributed by atoms with van der Waals surface area (Å²) in [6.45, 7) is 1.16. The Hall–Kier alpha value is -2.19. The summed E-state index contributed by atoms with van der Waals surface area (Å²) in [4.78, 5) is 31.8. The summed E-state index contributed by atoms with van der Waals surface area (Å²) in [6, 6.07) is 2.00. The number of carbonyl (C=O) groups is 2. The molecule has 10 heteroatoms. The van der Waals surface area contributed by atoms with Crippen LogP contribution in [0.1, 0.15) is 24.9 Å². The zero-order chi connectivity index (χ0) is 19.4. The maximum absolute atomic E-state index is 14.7. The van der Waals surface area contributed by atoms with Gasteiger partial charge in [0, 0.05) is 18.9 Å². The molecule has 7 nitrogen and oxygen atoms in total. The third-order valence-corrected chi connectivity index (χ3v) is 4.31. The predicted octanol–water partition coefficient (Wildman–Crippen LogP) is 3.07. The van der Waals surface area contributed by atoms with Crippen LogP contribution in [0.15, 0.2) is 22.3 Å². The van der Waals surface area contributed by atoms with E-state index in [1.807, 2.05) is 0 Å². The number of alkyl halides is 1. The highest BCUT2D eigenvalue weighted by Crippen LogP contribution is 2.37. The van der Waals surface area contributed by atoms with Gasteiger partial charge in [0.25, 0.3) is 0 Å². The highest BCUT2D eigenvalue weighted by Gasteiger charge is 2.36. The van der Waals surface area contributed by atoms with Crippen LogP contribution in [0, 0.1) is 5.82 Å². The van der Waals surface area contributed by atoms with E-state index in [2.05, 4.69) is 19.7 Å². The molecule has 0 saturated carbocycles. The van der Waals surface area contributed by atoms with E-state index in [9.17, 15) is 14.0 Å². The van der Waals surface area contributed by atoms with Gasteiger partial charge in [0.2, 0.25) is 0 Å². The molecule has 0 bridgehead atoms. The van der Waals surface area contributed by atoms with E-state index in [0.717, 1.165) is 14.0 Å². The first kappa shape index (κ1) is 20.1. The summed E-state index contributed by atoms with van der Waals surface area (Å²) in [6.07, 6.45) is 0.0175. The number of hydrogen-bond acceptors (Lipinski definition) is 7. The molecule has 1 aromatic rings. The Balaban J connectivity index is 2.53. The summed E-state index contributed by atoms with van der Waals surface area (Å²) in [5.41, 5.74) is 0.0759. The number of ether oxygens (including phenoxy) is 2. The van der Waals surface area contributed by atoms with Crippen LogP contribution >= 0.6 is 23.2 Å². The second-order valence-corrected chi connectivity index (χ2v) is 6.08. The van der Waals surface area contributed by atoms with E-state index in [1.165, 1.54) is 19.2 Å². The number of oxime groups is 1. The molecule has 2 unspecified atom stereocenters. The molecular formula is C16H15Cl2FN2O5. The van der Waals surface area contributed by atoms with Crippen molar-refractivity contribution in [2.75, 3.05) is 14.2 Å². The molecular weight excluding hydrogens is 390 g/mol. The second-order valence-electron chi connectivity index (χ2n) is 5.24. The summed E-state index contributed by atoms with van der Waals surface area (Å²) < 4.78 is 24.3. The maximum atomic E-state index is 14.7. The van der Waals surface area contributed by atoms with E-state index < -0.39 is 29.2 Å². The molecule has 0 spiro atoms. The van der Waals surface area contributed by atoms with Crippen LogP contribution in [0.5, 0.6) is 5.75 Å². The average molecular weight is 405 g/mol. The molecule has 0 N–H and O–H groups in total. The van der Waals surface area contributed by atoms with Crippen molar-refractivity contribution < 1.29 is 28.3 Å². The first-order chi connectivity index (χ1) is 12.3. The number of benzene rings is 1. The highest BCUT2D eigenvalue weighted by molar-refractivity contribution is 6.57. The van der Waals surface area contributed by atoms with Crippen molar-refractivity contribution >= 4 is 46.6 Å². The Morgan fingerprint density at radius 2 is 2.04 bits per heavy atom. The lowest BCUT2D eigenvalue weighted by Gasteiger charge is -2.25. The second kappa shape index (κ2) is 8.46. The number of hydrogen-bond donors (Lipinski definition) is 0. The fourth-order valence-electron chi connectivity index (χ4n) is 2.38. The Morgan fingerprint density at radius 3 is 2.62 bits per heavy atom. The Bertz CT molecular complexity index is 797. The van der Waals surface area contributed by atoms with E-state index in [-0.39, 0.29) is 34.2 Å². The molecule has 140 valence electrons. The molecule has 1 aromatic carbocycles. The number of halogens is 3. The number of esters is 1. The standard InChI is InChI=1S/C16H15Cl2FN2O5/c1-7(22)26-21-11-6-10(20-14(12(11)18)16(23)25-3)8-4-5-9(17)15(24-2)13(8)19/h4-5,10,12H,6H2,1-3H3. The minimum absolute atomic E-state index is 0.0175. The molecule has 0 saturated heterocycles. The Labute approximate surface area is 158 Å². The molecule has 0 aliphatic carbocycles. The zero-order valence-electron chi connectivity index (χ0n) is 14.1. The van der Waals surface area contributed by atoms with Crippen LogP contribution in [0.3, 0.4) is 0 Å². The van der Waals surface area contributed by atoms with Gasteiger partial charge in [-0.2, -0.15) is 0 Å². The highest BCUT2D eigenvalue weighted by atomic mass is 35.5. The van der Waals surface area contributed by atoms with Gasteiger partial charge in [-0.15, -0.1) is 11.6 Å².